The number of hydrogen-bond donors (Lipinski definition) is 3. The van der Waals surface area contributed by atoms with Crippen LogP contribution in [0.1, 0.15) is 10.4 Å². The standard InChI is InChI=1S/C18H17F2N3O4S/c19-18(20)28-12-7-5-11(6-8-12)23-14-4-2-1-3-13(14)17(26)27-10-16(25)22-9-15(21)24/h1-8,18,23H,9-10H2,(H2,21,24)(H,22,25). The van der Waals surface area contributed by atoms with Crippen LogP contribution in [0.5, 0.6) is 0 Å². The Bertz CT molecular complexity index is 847. The number of ether oxygens (including phenoxy) is 1. The molecule has 2 aromatic carbocycles. The van der Waals surface area contributed by atoms with Crippen molar-refractivity contribution < 1.29 is 27.9 Å². The average Bonchev–Trinajstić information content (AvgIpc) is 2.66. The van der Waals surface area contributed by atoms with Crippen LogP contribution in [0.15, 0.2) is 53.4 Å². The monoisotopic (exact) mass is 409 g/mol. The van der Waals surface area contributed by atoms with E-state index in [1.54, 1.807) is 30.3 Å². The molecule has 7 nitrogen and oxygen atoms in total. The molecule has 2 aromatic rings. The molecule has 2 amide bonds. The quantitative estimate of drug-likeness (QED) is 0.434. The fourth-order valence-corrected chi connectivity index (χ4v) is 2.59. The Labute approximate surface area is 163 Å². The van der Waals surface area contributed by atoms with Crippen LogP contribution in [0.2, 0.25) is 0 Å². The molecule has 0 aliphatic carbocycles. The minimum atomic E-state index is -2.51. The molecule has 0 unspecified atom stereocenters. The predicted molar refractivity (Wildman–Crippen MR) is 101 cm³/mol. The summed E-state index contributed by atoms with van der Waals surface area (Å²) in [6.45, 7) is -0.922. The third kappa shape index (κ3) is 6.88. The van der Waals surface area contributed by atoms with Crippen LogP contribution in [0.3, 0.4) is 0 Å². The lowest BCUT2D eigenvalue weighted by Crippen LogP contribution is -2.36. The van der Waals surface area contributed by atoms with Gasteiger partial charge in [0.25, 0.3) is 11.7 Å². The second kappa shape index (κ2) is 10.3. The van der Waals surface area contributed by atoms with Gasteiger partial charge in [-0.25, -0.2) is 4.79 Å². The highest BCUT2D eigenvalue weighted by molar-refractivity contribution is 7.99. The van der Waals surface area contributed by atoms with Crippen LogP contribution in [0.25, 0.3) is 0 Å². The molecule has 0 fully saturated rings. The van der Waals surface area contributed by atoms with Crippen molar-refractivity contribution >= 4 is 40.9 Å². The third-order valence-corrected chi connectivity index (χ3v) is 4.02. The molecule has 0 saturated heterocycles. The number of carbonyl (C=O) groups is 3. The highest BCUT2D eigenvalue weighted by atomic mass is 32.2. The summed E-state index contributed by atoms with van der Waals surface area (Å²) in [7, 11) is 0. The number of nitrogens with two attached hydrogens (primary N) is 1. The van der Waals surface area contributed by atoms with Gasteiger partial charge in [-0.3, -0.25) is 9.59 Å². The van der Waals surface area contributed by atoms with E-state index in [1.165, 1.54) is 18.2 Å². The van der Waals surface area contributed by atoms with E-state index < -0.39 is 30.1 Å². The molecular formula is C18H17F2N3O4S. The molecule has 0 radical (unpaired) electrons. The lowest BCUT2D eigenvalue weighted by molar-refractivity contribution is -0.127. The number of halogens is 2. The van der Waals surface area contributed by atoms with E-state index in [-0.39, 0.29) is 12.1 Å². The van der Waals surface area contributed by atoms with Crippen LogP contribution in [0.4, 0.5) is 20.2 Å². The van der Waals surface area contributed by atoms with Crippen molar-refractivity contribution in [1.29, 1.82) is 0 Å². The van der Waals surface area contributed by atoms with E-state index in [4.69, 9.17) is 10.5 Å². The summed E-state index contributed by atoms with van der Waals surface area (Å²) in [5, 5.41) is 5.20. The second-order valence-electron chi connectivity index (χ2n) is 5.39. The molecule has 0 bridgehead atoms. The average molecular weight is 409 g/mol. The van der Waals surface area contributed by atoms with Crippen molar-refractivity contribution in [1.82, 2.24) is 5.32 Å². The van der Waals surface area contributed by atoms with E-state index >= 15 is 0 Å². The maximum absolute atomic E-state index is 12.4. The number of amides is 2. The number of thioether (sulfide) groups is 1. The summed E-state index contributed by atoms with van der Waals surface area (Å²) in [5.41, 5.74) is 6.08. The fraction of sp³-hybridized carbons (Fsp3) is 0.167. The number of alkyl halides is 2. The van der Waals surface area contributed by atoms with Crippen molar-refractivity contribution in [3.63, 3.8) is 0 Å². The Kier molecular flexibility index (Phi) is 7.76. The van der Waals surface area contributed by atoms with Crippen LogP contribution in [-0.2, 0) is 14.3 Å². The summed E-state index contributed by atoms with van der Waals surface area (Å²) in [5.74, 6) is -4.63. The zero-order valence-corrected chi connectivity index (χ0v) is 15.3. The number of hydrogen-bond acceptors (Lipinski definition) is 6. The lowest BCUT2D eigenvalue weighted by Gasteiger charge is -2.12. The summed E-state index contributed by atoms with van der Waals surface area (Å²) >= 11 is 0.434. The van der Waals surface area contributed by atoms with Gasteiger partial charge in [0, 0.05) is 10.6 Å². The minimum absolute atomic E-state index is 0.177. The van der Waals surface area contributed by atoms with Crippen LogP contribution < -0.4 is 16.4 Å². The largest absolute Gasteiger partial charge is 0.452 e. The first-order valence-corrected chi connectivity index (χ1v) is 8.86. The molecule has 0 aliphatic heterocycles. The molecule has 0 saturated carbocycles. The summed E-state index contributed by atoms with van der Waals surface area (Å²) in [4.78, 5) is 34.8. The molecule has 2 rings (SSSR count). The first-order valence-electron chi connectivity index (χ1n) is 7.98. The molecule has 0 aromatic heterocycles. The van der Waals surface area contributed by atoms with E-state index in [0.717, 1.165) is 0 Å². The number of carbonyl (C=O) groups excluding carboxylic acids is 3. The van der Waals surface area contributed by atoms with Gasteiger partial charge in [-0.05, 0) is 36.4 Å². The van der Waals surface area contributed by atoms with Gasteiger partial charge >= 0.3 is 5.97 Å². The molecule has 0 aliphatic rings. The second-order valence-corrected chi connectivity index (χ2v) is 6.46. The SMILES string of the molecule is NC(=O)CNC(=O)COC(=O)c1ccccc1Nc1ccc(SC(F)F)cc1. The first kappa shape index (κ1) is 21.2. The zero-order valence-electron chi connectivity index (χ0n) is 14.5. The fourth-order valence-electron chi connectivity index (χ4n) is 2.09. The number of esters is 1. The van der Waals surface area contributed by atoms with Crippen LogP contribution in [0, 0.1) is 0 Å². The highest BCUT2D eigenvalue weighted by Crippen LogP contribution is 2.28. The molecular weight excluding hydrogens is 392 g/mol. The van der Waals surface area contributed by atoms with Gasteiger partial charge in [0.2, 0.25) is 5.91 Å². The molecule has 10 heteroatoms. The van der Waals surface area contributed by atoms with E-state index in [0.29, 0.717) is 28.0 Å². The summed E-state index contributed by atoms with van der Waals surface area (Å²) in [6.07, 6.45) is 0. The topological polar surface area (TPSA) is 111 Å². The summed E-state index contributed by atoms with van der Waals surface area (Å²) < 4.78 is 29.7. The first-order chi connectivity index (χ1) is 13.3. The normalized spacial score (nSPS) is 10.4. The maximum atomic E-state index is 12.4. The Balaban J connectivity index is 2.00. The van der Waals surface area contributed by atoms with Gasteiger partial charge < -0.3 is 21.1 Å². The number of primary amides is 1. The summed E-state index contributed by atoms with van der Waals surface area (Å²) in [6, 6.07) is 12.7. The van der Waals surface area contributed by atoms with Crippen molar-refractivity contribution in [2.45, 2.75) is 10.7 Å². The van der Waals surface area contributed by atoms with E-state index in [2.05, 4.69) is 10.6 Å². The third-order valence-electron chi connectivity index (χ3n) is 3.30. The van der Waals surface area contributed by atoms with Gasteiger partial charge in [0.1, 0.15) is 0 Å². The number of benzene rings is 2. The van der Waals surface area contributed by atoms with Crippen LogP contribution in [-0.4, -0.2) is 36.7 Å². The van der Waals surface area contributed by atoms with Gasteiger partial charge in [-0.1, -0.05) is 23.9 Å². The Morgan fingerprint density at radius 2 is 1.75 bits per heavy atom. The van der Waals surface area contributed by atoms with Gasteiger partial charge in [0.15, 0.2) is 6.61 Å². The Morgan fingerprint density at radius 1 is 1.07 bits per heavy atom. The van der Waals surface area contributed by atoms with Crippen molar-refractivity contribution in [2.24, 2.45) is 5.73 Å². The predicted octanol–water partition coefficient (Wildman–Crippen LogP) is 2.50. The van der Waals surface area contributed by atoms with E-state index in [1.807, 2.05) is 0 Å². The highest BCUT2D eigenvalue weighted by Gasteiger charge is 2.15. The number of para-hydroxylation sites is 1. The molecule has 4 N–H and O–H groups in total. The minimum Gasteiger partial charge on any atom is -0.452 e. The smallest absolute Gasteiger partial charge is 0.340 e. The van der Waals surface area contributed by atoms with Crippen molar-refractivity contribution in [2.75, 3.05) is 18.5 Å². The van der Waals surface area contributed by atoms with Gasteiger partial charge in [-0.15, -0.1) is 0 Å². The van der Waals surface area contributed by atoms with Crippen molar-refractivity contribution in [3.8, 4) is 0 Å². The molecule has 148 valence electrons. The van der Waals surface area contributed by atoms with Gasteiger partial charge in [0.05, 0.1) is 17.8 Å². The zero-order chi connectivity index (χ0) is 20.5. The van der Waals surface area contributed by atoms with Crippen molar-refractivity contribution in [3.05, 3.63) is 54.1 Å². The Hall–Kier alpha value is -3.14. The molecule has 28 heavy (non-hydrogen) atoms. The maximum Gasteiger partial charge on any atom is 0.340 e. The molecule has 0 atom stereocenters. The lowest BCUT2D eigenvalue weighted by atomic mass is 10.1. The number of rotatable bonds is 9. The van der Waals surface area contributed by atoms with Crippen LogP contribution >= 0.6 is 11.8 Å². The molecule has 0 spiro atoms. The number of anilines is 2. The van der Waals surface area contributed by atoms with E-state index in [9.17, 15) is 23.2 Å². The molecule has 0 heterocycles. The Morgan fingerprint density at radius 3 is 2.39 bits per heavy atom. The van der Waals surface area contributed by atoms with Gasteiger partial charge in [-0.2, -0.15) is 8.78 Å². The number of nitrogens with one attached hydrogen (secondary N) is 2.